The number of amides is 1. The van der Waals surface area contributed by atoms with Gasteiger partial charge in [-0.05, 0) is 19.9 Å². The minimum Gasteiger partial charge on any atom is -0.493 e. The number of fused-ring (bicyclic) bond motifs is 1. The predicted molar refractivity (Wildman–Crippen MR) is 94.2 cm³/mol. The van der Waals surface area contributed by atoms with E-state index in [1.165, 1.54) is 14.2 Å². The van der Waals surface area contributed by atoms with Crippen molar-refractivity contribution in [3.8, 4) is 11.5 Å². The number of hydrogen-bond donors (Lipinski definition) is 3. The molecule has 0 bridgehead atoms. The summed E-state index contributed by atoms with van der Waals surface area (Å²) in [4.78, 5) is 32.5. The SMILES string of the molecule is CCNC(=O)C[NH+](CC)Cc1nc2cc(OC)c(OC)cc2c(=O)[nH]1. The maximum absolute atomic E-state index is 12.4. The number of nitrogens with one attached hydrogen (secondary N) is 3. The average Bonchev–Trinajstić information content (AvgIpc) is 2.60. The zero-order valence-electron chi connectivity index (χ0n) is 15.1. The van der Waals surface area contributed by atoms with Crippen LogP contribution in [-0.4, -0.2) is 49.7 Å². The van der Waals surface area contributed by atoms with Gasteiger partial charge in [0, 0.05) is 12.6 Å². The second kappa shape index (κ2) is 8.48. The summed E-state index contributed by atoms with van der Waals surface area (Å²) in [6.07, 6.45) is 0. The number of hydrogen-bond acceptors (Lipinski definition) is 5. The molecule has 0 radical (unpaired) electrons. The molecule has 8 nitrogen and oxygen atoms in total. The van der Waals surface area contributed by atoms with Crippen LogP contribution in [0.4, 0.5) is 0 Å². The Kier molecular flexibility index (Phi) is 6.35. The smallest absolute Gasteiger partial charge is 0.275 e. The first-order valence-electron chi connectivity index (χ1n) is 8.27. The van der Waals surface area contributed by atoms with Crippen molar-refractivity contribution in [3.05, 3.63) is 28.3 Å². The van der Waals surface area contributed by atoms with E-state index in [9.17, 15) is 9.59 Å². The Bertz CT molecular complexity index is 803. The molecular formula is C17H25N4O4+. The zero-order chi connectivity index (χ0) is 18.4. The van der Waals surface area contributed by atoms with Crippen molar-refractivity contribution in [1.82, 2.24) is 15.3 Å². The Morgan fingerprint density at radius 3 is 2.52 bits per heavy atom. The molecule has 2 aromatic rings. The molecular weight excluding hydrogens is 324 g/mol. The van der Waals surface area contributed by atoms with Gasteiger partial charge in [0.2, 0.25) is 0 Å². The second-order valence-corrected chi connectivity index (χ2v) is 5.65. The lowest BCUT2D eigenvalue weighted by Crippen LogP contribution is -3.11. The van der Waals surface area contributed by atoms with Gasteiger partial charge in [-0.3, -0.25) is 9.59 Å². The molecule has 1 aromatic heterocycles. The summed E-state index contributed by atoms with van der Waals surface area (Å²) in [6.45, 7) is 5.99. The summed E-state index contributed by atoms with van der Waals surface area (Å²) in [5.41, 5.74) is 0.291. The van der Waals surface area contributed by atoms with Crippen molar-refractivity contribution < 1.29 is 19.2 Å². The molecule has 1 unspecified atom stereocenters. The number of ether oxygens (including phenoxy) is 2. The van der Waals surface area contributed by atoms with E-state index >= 15 is 0 Å². The Morgan fingerprint density at radius 1 is 1.24 bits per heavy atom. The Balaban J connectivity index is 2.32. The van der Waals surface area contributed by atoms with Crippen LogP contribution in [0.3, 0.4) is 0 Å². The Morgan fingerprint density at radius 2 is 1.92 bits per heavy atom. The summed E-state index contributed by atoms with van der Waals surface area (Å²) >= 11 is 0. The summed E-state index contributed by atoms with van der Waals surface area (Å²) in [7, 11) is 3.05. The van der Waals surface area contributed by atoms with Gasteiger partial charge in [-0.15, -0.1) is 0 Å². The predicted octanol–water partition coefficient (Wildman–Crippen LogP) is -0.519. The van der Waals surface area contributed by atoms with Crippen LogP contribution in [-0.2, 0) is 11.3 Å². The molecule has 0 aliphatic rings. The normalized spacial score (nSPS) is 12.0. The molecule has 1 atom stereocenters. The summed E-state index contributed by atoms with van der Waals surface area (Å²) in [5, 5.41) is 3.22. The van der Waals surface area contributed by atoms with Crippen molar-refractivity contribution in [2.24, 2.45) is 0 Å². The minimum absolute atomic E-state index is 0.0195. The number of carbonyl (C=O) groups excluding carboxylic acids is 1. The average molecular weight is 349 g/mol. The van der Waals surface area contributed by atoms with Crippen molar-refractivity contribution >= 4 is 16.8 Å². The van der Waals surface area contributed by atoms with Gasteiger partial charge in [-0.2, -0.15) is 0 Å². The number of carbonyl (C=O) groups is 1. The molecule has 0 fully saturated rings. The highest BCUT2D eigenvalue weighted by molar-refractivity contribution is 5.81. The number of methoxy groups -OCH3 is 2. The largest absolute Gasteiger partial charge is 0.493 e. The molecule has 0 spiro atoms. The summed E-state index contributed by atoms with van der Waals surface area (Å²) in [5.74, 6) is 1.51. The highest BCUT2D eigenvalue weighted by Gasteiger charge is 2.16. The fourth-order valence-electron chi connectivity index (χ4n) is 2.63. The lowest BCUT2D eigenvalue weighted by atomic mass is 10.2. The van der Waals surface area contributed by atoms with Crippen LogP contribution in [0.25, 0.3) is 10.9 Å². The maximum atomic E-state index is 12.4. The molecule has 2 rings (SSSR count). The Hall–Kier alpha value is -2.61. The summed E-state index contributed by atoms with van der Waals surface area (Å²) < 4.78 is 10.5. The lowest BCUT2D eigenvalue weighted by molar-refractivity contribution is -0.904. The molecule has 0 saturated heterocycles. The Labute approximate surface area is 146 Å². The van der Waals surface area contributed by atoms with Gasteiger partial charge >= 0.3 is 0 Å². The quantitative estimate of drug-likeness (QED) is 0.596. The van der Waals surface area contributed by atoms with E-state index in [1.54, 1.807) is 12.1 Å². The molecule has 25 heavy (non-hydrogen) atoms. The fourth-order valence-corrected chi connectivity index (χ4v) is 2.63. The monoisotopic (exact) mass is 349 g/mol. The van der Waals surface area contributed by atoms with Crippen LogP contribution in [0.5, 0.6) is 11.5 Å². The molecule has 8 heteroatoms. The van der Waals surface area contributed by atoms with E-state index in [4.69, 9.17) is 9.47 Å². The van der Waals surface area contributed by atoms with Crippen LogP contribution >= 0.6 is 0 Å². The number of aromatic nitrogens is 2. The molecule has 1 aromatic carbocycles. The van der Waals surface area contributed by atoms with Crippen molar-refractivity contribution in [1.29, 1.82) is 0 Å². The van der Waals surface area contributed by atoms with E-state index < -0.39 is 0 Å². The molecule has 1 amide bonds. The number of aromatic amines is 1. The van der Waals surface area contributed by atoms with E-state index in [2.05, 4.69) is 15.3 Å². The highest BCUT2D eigenvalue weighted by atomic mass is 16.5. The lowest BCUT2D eigenvalue weighted by Gasteiger charge is -2.16. The molecule has 0 aliphatic heterocycles. The molecule has 0 aliphatic carbocycles. The van der Waals surface area contributed by atoms with Crippen molar-refractivity contribution in [2.45, 2.75) is 20.4 Å². The van der Waals surface area contributed by atoms with E-state index in [-0.39, 0.29) is 11.5 Å². The maximum Gasteiger partial charge on any atom is 0.275 e. The van der Waals surface area contributed by atoms with Gasteiger partial charge in [0.25, 0.3) is 11.5 Å². The zero-order valence-corrected chi connectivity index (χ0v) is 15.1. The third-order valence-electron chi connectivity index (χ3n) is 3.96. The summed E-state index contributed by atoms with van der Waals surface area (Å²) in [6, 6.07) is 3.30. The van der Waals surface area contributed by atoms with Crippen molar-refractivity contribution in [2.75, 3.05) is 33.9 Å². The van der Waals surface area contributed by atoms with E-state index in [0.29, 0.717) is 47.9 Å². The number of benzene rings is 1. The molecule has 0 saturated carbocycles. The standard InChI is InChI=1S/C17H24N4O4/c1-5-18-16(22)10-21(6-2)9-15-19-12-8-14(25-4)13(24-3)7-11(12)17(23)20-15/h7-8H,5-6,9-10H2,1-4H3,(H,18,22)(H,19,20,23)/p+1. The number of likely N-dealkylation sites (N-methyl/N-ethyl adjacent to an activating group) is 2. The molecule has 3 N–H and O–H groups in total. The van der Waals surface area contributed by atoms with Gasteiger partial charge in [0.05, 0.1) is 31.7 Å². The van der Waals surface area contributed by atoms with Crippen LogP contribution in [0.2, 0.25) is 0 Å². The fraction of sp³-hybridized carbons (Fsp3) is 0.471. The first kappa shape index (κ1) is 18.7. The number of rotatable bonds is 8. The highest BCUT2D eigenvalue weighted by Crippen LogP contribution is 2.29. The van der Waals surface area contributed by atoms with Crippen LogP contribution in [0.15, 0.2) is 16.9 Å². The van der Waals surface area contributed by atoms with Gasteiger partial charge in [-0.25, -0.2) is 4.98 Å². The van der Waals surface area contributed by atoms with Gasteiger partial charge in [0.1, 0.15) is 6.54 Å². The van der Waals surface area contributed by atoms with E-state index in [1.807, 2.05) is 13.8 Å². The van der Waals surface area contributed by atoms with Crippen LogP contribution in [0.1, 0.15) is 19.7 Å². The van der Waals surface area contributed by atoms with Gasteiger partial charge < -0.3 is 24.7 Å². The van der Waals surface area contributed by atoms with Crippen molar-refractivity contribution in [3.63, 3.8) is 0 Å². The van der Waals surface area contributed by atoms with Crippen LogP contribution < -0.4 is 25.2 Å². The number of H-pyrrole nitrogens is 1. The van der Waals surface area contributed by atoms with Crippen LogP contribution in [0, 0.1) is 0 Å². The number of quaternary nitrogens is 1. The van der Waals surface area contributed by atoms with Gasteiger partial charge in [-0.1, -0.05) is 0 Å². The second-order valence-electron chi connectivity index (χ2n) is 5.65. The van der Waals surface area contributed by atoms with E-state index in [0.717, 1.165) is 11.4 Å². The first-order valence-corrected chi connectivity index (χ1v) is 8.27. The minimum atomic E-state index is -0.241. The first-order chi connectivity index (χ1) is 12.0. The third kappa shape index (κ3) is 4.48. The van der Waals surface area contributed by atoms with Gasteiger partial charge in [0.15, 0.2) is 23.9 Å². The molecule has 1 heterocycles. The topological polar surface area (TPSA) is 97.8 Å². The molecule has 136 valence electrons. The third-order valence-corrected chi connectivity index (χ3v) is 3.96. The number of nitrogens with zero attached hydrogens (tertiary/aromatic N) is 1.